The SMILES string of the molecule is COc1cc(C=C[N+](=O)[O-])c[nH]1. The second-order valence-electron chi connectivity index (χ2n) is 2.10. The van der Waals surface area contributed by atoms with Gasteiger partial charge in [0.15, 0.2) is 5.88 Å². The predicted molar refractivity (Wildman–Crippen MR) is 43.4 cm³/mol. The van der Waals surface area contributed by atoms with Crippen molar-refractivity contribution in [2.45, 2.75) is 0 Å². The molecule has 0 amide bonds. The monoisotopic (exact) mass is 168 g/mol. The van der Waals surface area contributed by atoms with Gasteiger partial charge in [0.2, 0.25) is 6.20 Å². The number of methoxy groups -OCH3 is 1. The number of aromatic amines is 1. The first-order valence-electron chi connectivity index (χ1n) is 3.26. The lowest BCUT2D eigenvalue weighted by Gasteiger charge is -1.88. The van der Waals surface area contributed by atoms with Crippen molar-refractivity contribution in [1.29, 1.82) is 0 Å². The third-order valence-corrected chi connectivity index (χ3v) is 1.29. The highest BCUT2D eigenvalue weighted by Gasteiger charge is 1.95. The van der Waals surface area contributed by atoms with E-state index in [4.69, 9.17) is 4.74 Å². The fourth-order valence-electron chi connectivity index (χ4n) is 0.750. The molecular formula is C7H8N2O3. The molecule has 0 aromatic carbocycles. The van der Waals surface area contributed by atoms with Crippen LogP contribution >= 0.6 is 0 Å². The zero-order valence-corrected chi connectivity index (χ0v) is 6.48. The molecule has 5 heteroatoms. The van der Waals surface area contributed by atoms with E-state index in [-0.39, 0.29) is 0 Å². The van der Waals surface area contributed by atoms with Crippen molar-refractivity contribution in [1.82, 2.24) is 4.98 Å². The minimum atomic E-state index is -0.514. The summed E-state index contributed by atoms with van der Waals surface area (Å²) in [6, 6.07) is 1.67. The Balaban J connectivity index is 2.70. The molecule has 0 aliphatic rings. The van der Waals surface area contributed by atoms with Gasteiger partial charge in [-0.25, -0.2) is 0 Å². The Morgan fingerprint density at radius 2 is 2.50 bits per heavy atom. The average Bonchev–Trinajstić information content (AvgIpc) is 2.48. The summed E-state index contributed by atoms with van der Waals surface area (Å²) >= 11 is 0. The van der Waals surface area contributed by atoms with Crippen LogP contribution in [-0.2, 0) is 0 Å². The number of nitrogens with zero attached hydrogens (tertiary/aromatic N) is 1. The molecule has 1 heterocycles. The van der Waals surface area contributed by atoms with Crippen LogP contribution in [0.3, 0.4) is 0 Å². The normalized spacial score (nSPS) is 10.4. The highest BCUT2D eigenvalue weighted by atomic mass is 16.6. The van der Waals surface area contributed by atoms with Crippen molar-refractivity contribution < 1.29 is 9.66 Å². The molecule has 0 saturated heterocycles. The summed E-state index contributed by atoms with van der Waals surface area (Å²) in [6.45, 7) is 0. The smallest absolute Gasteiger partial charge is 0.235 e. The molecular weight excluding hydrogens is 160 g/mol. The summed E-state index contributed by atoms with van der Waals surface area (Å²) in [5.74, 6) is 0.581. The molecule has 0 bridgehead atoms. The van der Waals surface area contributed by atoms with Crippen LogP contribution in [0.2, 0.25) is 0 Å². The molecule has 5 nitrogen and oxygen atoms in total. The number of nitro groups is 1. The summed E-state index contributed by atoms with van der Waals surface area (Å²) < 4.78 is 4.84. The van der Waals surface area contributed by atoms with Gasteiger partial charge in [-0.2, -0.15) is 0 Å². The van der Waals surface area contributed by atoms with Gasteiger partial charge in [0.05, 0.1) is 12.0 Å². The number of hydrogen-bond donors (Lipinski definition) is 1. The summed E-state index contributed by atoms with van der Waals surface area (Å²) in [5.41, 5.74) is 0.712. The molecule has 1 rings (SSSR count). The molecule has 1 aromatic heterocycles. The fourth-order valence-corrected chi connectivity index (χ4v) is 0.750. The van der Waals surface area contributed by atoms with Crippen LogP contribution in [0.1, 0.15) is 5.56 Å². The largest absolute Gasteiger partial charge is 0.482 e. The Labute approximate surface area is 68.8 Å². The lowest BCUT2D eigenvalue weighted by molar-refractivity contribution is -0.400. The summed E-state index contributed by atoms with van der Waals surface area (Å²) in [5, 5.41) is 9.93. The average molecular weight is 168 g/mol. The lowest BCUT2D eigenvalue weighted by Crippen LogP contribution is -1.81. The first kappa shape index (κ1) is 8.32. The molecule has 64 valence electrons. The van der Waals surface area contributed by atoms with E-state index in [0.29, 0.717) is 11.4 Å². The number of hydrogen-bond acceptors (Lipinski definition) is 3. The molecule has 0 atom stereocenters. The summed E-state index contributed by atoms with van der Waals surface area (Å²) in [6.07, 6.45) is 3.89. The molecule has 12 heavy (non-hydrogen) atoms. The molecule has 1 N–H and O–H groups in total. The zero-order valence-electron chi connectivity index (χ0n) is 6.48. The molecule has 0 aliphatic carbocycles. The Bertz CT molecular complexity index is 303. The van der Waals surface area contributed by atoms with Crippen LogP contribution in [0.25, 0.3) is 6.08 Å². The van der Waals surface area contributed by atoms with Gasteiger partial charge in [-0.3, -0.25) is 10.1 Å². The lowest BCUT2D eigenvalue weighted by atomic mass is 10.3. The van der Waals surface area contributed by atoms with Crippen LogP contribution in [0, 0.1) is 10.1 Å². The van der Waals surface area contributed by atoms with Crippen molar-refractivity contribution in [3.63, 3.8) is 0 Å². The zero-order chi connectivity index (χ0) is 8.97. The van der Waals surface area contributed by atoms with E-state index in [1.807, 2.05) is 0 Å². The molecule has 0 radical (unpaired) electrons. The molecule has 0 spiro atoms. The van der Waals surface area contributed by atoms with E-state index in [1.165, 1.54) is 13.2 Å². The van der Waals surface area contributed by atoms with Crippen molar-refractivity contribution in [2.75, 3.05) is 7.11 Å². The molecule has 0 aliphatic heterocycles. The van der Waals surface area contributed by atoms with Crippen LogP contribution in [0.4, 0.5) is 0 Å². The maximum absolute atomic E-state index is 9.93. The standard InChI is InChI=1S/C7H8N2O3/c1-12-7-4-6(5-8-7)2-3-9(10)11/h2-5,8H,1H3. The summed E-state index contributed by atoms with van der Waals surface area (Å²) in [4.78, 5) is 12.2. The molecule has 0 fully saturated rings. The molecule has 0 unspecified atom stereocenters. The maximum atomic E-state index is 9.93. The van der Waals surface area contributed by atoms with Gasteiger partial charge in [-0.1, -0.05) is 0 Å². The number of rotatable bonds is 3. The Morgan fingerprint density at radius 3 is 3.00 bits per heavy atom. The third kappa shape index (κ3) is 2.12. The van der Waals surface area contributed by atoms with Crippen LogP contribution < -0.4 is 4.74 Å². The third-order valence-electron chi connectivity index (χ3n) is 1.29. The van der Waals surface area contributed by atoms with E-state index < -0.39 is 4.92 Å². The van der Waals surface area contributed by atoms with Gasteiger partial charge < -0.3 is 9.72 Å². The fraction of sp³-hybridized carbons (Fsp3) is 0.143. The van der Waals surface area contributed by atoms with Crippen LogP contribution in [0.5, 0.6) is 5.88 Å². The van der Waals surface area contributed by atoms with Crippen molar-refractivity contribution in [3.05, 3.63) is 34.1 Å². The Hall–Kier alpha value is -1.78. The van der Waals surface area contributed by atoms with Gasteiger partial charge >= 0.3 is 0 Å². The first-order chi connectivity index (χ1) is 5.72. The van der Waals surface area contributed by atoms with Crippen LogP contribution in [0.15, 0.2) is 18.5 Å². The van der Waals surface area contributed by atoms with Gasteiger partial charge in [-0.15, -0.1) is 0 Å². The van der Waals surface area contributed by atoms with E-state index in [2.05, 4.69) is 4.98 Å². The number of ether oxygens (including phenoxy) is 1. The highest BCUT2D eigenvalue weighted by Crippen LogP contribution is 2.11. The second kappa shape index (κ2) is 3.56. The minimum Gasteiger partial charge on any atom is -0.482 e. The Morgan fingerprint density at radius 1 is 1.75 bits per heavy atom. The number of aromatic nitrogens is 1. The first-order valence-corrected chi connectivity index (χ1v) is 3.26. The van der Waals surface area contributed by atoms with Gasteiger partial charge in [0.25, 0.3) is 0 Å². The van der Waals surface area contributed by atoms with Gasteiger partial charge in [0.1, 0.15) is 0 Å². The van der Waals surface area contributed by atoms with E-state index >= 15 is 0 Å². The van der Waals surface area contributed by atoms with E-state index in [0.717, 1.165) is 6.20 Å². The van der Waals surface area contributed by atoms with E-state index in [1.54, 1.807) is 12.3 Å². The van der Waals surface area contributed by atoms with Crippen molar-refractivity contribution >= 4 is 6.08 Å². The van der Waals surface area contributed by atoms with E-state index in [9.17, 15) is 10.1 Å². The van der Waals surface area contributed by atoms with Gasteiger partial charge in [0, 0.05) is 23.9 Å². The highest BCUT2D eigenvalue weighted by molar-refractivity contribution is 5.48. The maximum Gasteiger partial charge on any atom is 0.235 e. The minimum absolute atomic E-state index is 0.514. The predicted octanol–water partition coefficient (Wildman–Crippen LogP) is 1.27. The van der Waals surface area contributed by atoms with Gasteiger partial charge in [-0.05, 0) is 0 Å². The van der Waals surface area contributed by atoms with Crippen LogP contribution in [-0.4, -0.2) is 17.0 Å². The molecule has 0 saturated carbocycles. The van der Waals surface area contributed by atoms with Crippen molar-refractivity contribution in [3.8, 4) is 5.88 Å². The second-order valence-corrected chi connectivity index (χ2v) is 2.10. The Kier molecular flexibility index (Phi) is 2.47. The van der Waals surface area contributed by atoms with Crippen molar-refractivity contribution in [2.24, 2.45) is 0 Å². The number of nitrogens with one attached hydrogen (secondary N) is 1. The quantitative estimate of drug-likeness (QED) is 0.545. The summed E-state index contributed by atoms with van der Waals surface area (Å²) in [7, 11) is 1.52. The molecule has 1 aromatic rings. The number of H-pyrrole nitrogens is 1. The topological polar surface area (TPSA) is 68.2 Å².